The molecule has 17 heavy (non-hydrogen) atoms. The van der Waals surface area contributed by atoms with Crippen molar-refractivity contribution < 1.29 is 4.79 Å². The summed E-state index contributed by atoms with van der Waals surface area (Å²) in [7, 11) is 0. The summed E-state index contributed by atoms with van der Waals surface area (Å²) < 4.78 is 0. The summed E-state index contributed by atoms with van der Waals surface area (Å²) in [5.41, 5.74) is 6.37. The third-order valence-corrected chi connectivity index (χ3v) is 3.47. The molecule has 1 fully saturated rings. The first-order valence-corrected chi connectivity index (χ1v) is 6.19. The zero-order valence-electron chi connectivity index (χ0n) is 9.95. The molecule has 0 saturated carbocycles. The van der Waals surface area contributed by atoms with Gasteiger partial charge in [0.15, 0.2) is 0 Å². The predicted octanol–water partition coefficient (Wildman–Crippen LogP) is 1.83. The fraction of sp³-hybridized carbons (Fsp3) is 0.462. The van der Waals surface area contributed by atoms with E-state index in [-0.39, 0.29) is 5.91 Å². The SMILES string of the molecule is CC1(N)CCN(CCc2cccc(Cl)c2)C1=O. The normalized spacial score (nSPS) is 24.4. The van der Waals surface area contributed by atoms with Crippen molar-refractivity contribution in [3.8, 4) is 0 Å². The highest BCUT2D eigenvalue weighted by atomic mass is 35.5. The number of nitrogens with zero attached hydrogens (tertiary/aromatic N) is 1. The van der Waals surface area contributed by atoms with Crippen LogP contribution in [0.3, 0.4) is 0 Å². The summed E-state index contributed by atoms with van der Waals surface area (Å²) in [6.07, 6.45) is 1.56. The van der Waals surface area contributed by atoms with Crippen molar-refractivity contribution in [1.82, 2.24) is 4.90 Å². The van der Waals surface area contributed by atoms with Gasteiger partial charge in [-0.2, -0.15) is 0 Å². The van der Waals surface area contributed by atoms with E-state index in [0.717, 1.165) is 30.0 Å². The highest BCUT2D eigenvalue weighted by molar-refractivity contribution is 6.30. The average Bonchev–Trinajstić information content (AvgIpc) is 2.52. The van der Waals surface area contributed by atoms with Gasteiger partial charge in [0.1, 0.15) is 0 Å². The van der Waals surface area contributed by atoms with E-state index >= 15 is 0 Å². The minimum absolute atomic E-state index is 0.0551. The van der Waals surface area contributed by atoms with Crippen molar-refractivity contribution >= 4 is 17.5 Å². The highest BCUT2D eigenvalue weighted by Crippen LogP contribution is 2.20. The third-order valence-electron chi connectivity index (χ3n) is 3.24. The van der Waals surface area contributed by atoms with Gasteiger partial charge >= 0.3 is 0 Å². The summed E-state index contributed by atoms with van der Waals surface area (Å²) >= 11 is 5.91. The molecule has 1 heterocycles. The lowest BCUT2D eigenvalue weighted by Crippen LogP contribution is -2.45. The number of hydrogen-bond donors (Lipinski definition) is 1. The van der Waals surface area contributed by atoms with Crippen LogP contribution in [-0.4, -0.2) is 29.4 Å². The second kappa shape index (κ2) is 4.67. The zero-order valence-corrected chi connectivity index (χ0v) is 10.7. The van der Waals surface area contributed by atoms with Crippen LogP contribution < -0.4 is 5.73 Å². The van der Waals surface area contributed by atoms with Gasteiger partial charge in [-0.05, 0) is 37.5 Å². The second-order valence-corrected chi connectivity index (χ2v) is 5.28. The quantitative estimate of drug-likeness (QED) is 0.892. The van der Waals surface area contributed by atoms with Crippen LogP contribution in [0.5, 0.6) is 0 Å². The molecule has 1 amide bonds. The van der Waals surface area contributed by atoms with Crippen molar-refractivity contribution in [2.75, 3.05) is 13.1 Å². The Morgan fingerprint density at radius 3 is 2.88 bits per heavy atom. The first kappa shape index (κ1) is 12.4. The third kappa shape index (κ3) is 2.79. The number of nitrogens with two attached hydrogens (primary N) is 1. The molecule has 0 aromatic heterocycles. The van der Waals surface area contributed by atoms with E-state index in [1.54, 1.807) is 6.92 Å². The summed E-state index contributed by atoms with van der Waals surface area (Å²) in [5.74, 6) is 0.0551. The number of carbonyl (C=O) groups excluding carboxylic acids is 1. The van der Waals surface area contributed by atoms with E-state index in [1.165, 1.54) is 0 Å². The average molecular weight is 253 g/mol. The predicted molar refractivity (Wildman–Crippen MR) is 68.9 cm³/mol. The molecule has 4 heteroatoms. The van der Waals surface area contributed by atoms with Crippen LogP contribution in [0.1, 0.15) is 18.9 Å². The Hall–Kier alpha value is -1.06. The molecular formula is C13H17ClN2O. The van der Waals surface area contributed by atoms with Crippen LogP contribution >= 0.6 is 11.6 Å². The van der Waals surface area contributed by atoms with Crippen molar-refractivity contribution in [2.24, 2.45) is 5.73 Å². The van der Waals surface area contributed by atoms with E-state index in [2.05, 4.69) is 0 Å². The Labute approximate surface area is 107 Å². The molecule has 92 valence electrons. The number of amides is 1. The van der Waals surface area contributed by atoms with Gasteiger partial charge in [0.05, 0.1) is 5.54 Å². The van der Waals surface area contributed by atoms with Crippen molar-refractivity contribution in [2.45, 2.75) is 25.3 Å². The molecule has 3 nitrogen and oxygen atoms in total. The van der Waals surface area contributed by atoms with Crippen molar-refractivity contribution in [1.29, 1.82) is 0 Å². The maximum Gasteiger partial charge on any atom is 0.242 e. The molecule has 1 atom stereocenters. The minimum Gasteiger partial charge on any atom is -0.341 e. The Kier molecular flexibility index (Phi) is 3.40. The Morgan fingerprint density at radius 1 is 1.53 bits per heavy atom. The summed E-state index contributed by atoms with van der Waals surface area (Å²) in [6, 6.07) is 7.73. The molecule has 2 rings (SSSR count). The first-order valence-electron chi connectivity index (χ1n) is 5.82. The Bertz CT molecular complexity index is 431. The lowest BCUT2D eigenvalue weighted by atomic mass is 10.0. The molecule has 1 unspecified atom stereocenters. The van der Waals surface area contributed by atoms with Crippen molar-refractivity contribution in [3.63, 3.8) is 0 Å². The zero-order chi connectivity index (χ0) is 12.5. The second-order valence-electron chi connectivity index (χ2n) is 4.84. The van der Waals surface area contributed by atoms with E-state index in [9.17, 15) is 4.79 Å². The van der Waals surface area contributed by atoms with E-state index in [4.69, 9.17) is 17.3 Å². The lowest BCUT2D eigenvalue weighted by Gasteiger charge is -2.19. The molecule has 1 saturated heterocycles. The van der Waals surface area contributed by atoms with Crippen LogP contribution in [0, 0.1) is 0 Å². The first-order chi connectivity index (χ1) is 7.99. The molecule has 1 aliphatic rings. The van der Waals surface area contributed by atoms with Gasteiger partial charge in [-0.15, -0.1) is 0 Å². The van der Waals surface area contributed by atoms with Gasteiger partial charge < -0.3 is 10.6 Å². The number of halogens is 1. The fourth-order valence-corrected chi connectivity index (χ4v) is 2.32. The minimum atomic E-state index is -0.672. The summed E-state index contributed by atoms with van der Waals surface area (Å²) in [4.78, 5) is 13.7. The van der Waals surface area contributed by atoms with Gasteiger partial charge in [-0.3, -0.25) is 4.79 Å². The number of benzene rings is 1. The highest BCUT2D eigenvalue weighted by Gasteiger charge is 2.38. The lowest BCUT2D eigenvalue weighted by molar-refractivity contribution is -0.131. The molecule has 1 aromatic carbocycles. The summed E-state index contributed by atoms with van der Waals surface area (Å²) in [6.45, 7) is 3.27. The molecule has 1 aliphatic heterocycles. The number of hydrogen-bond acceptors (Lipinski definition) is 2. The van der Waals surface area contributed by atoms with Crippen molar-refractivity contribution in [3.05, 3.63) is 34.9 Å². The molecule has 1 aromatic rings. The molecule has 2 N–H and O–H groups in total. The van der Waals surface area contributed by atoms with E-state index < -0.39 is 5.54 Å². The standard InChI is InChI=1S/C13H17ClN2O/c1-13(15)6-8-16(12(13)17)7-5-10-3-2-4-11(14)9-10/h2-4,9H,5-8,15H2,1H3. The topological polar surface area (TPSA) is 46.3 Å². The molecule has 0 aliphatic carbocycles. The van der Waals surface area contributed by atoms with Gasteiger partial charge in [0, 0.05) is 18.1 Å². The Morgan fingerprint density at radius 2 is 2.29 bits per heavy atom. The maximum absolute atomic E-state index is 11.9. The van der Waals surface area contributed by atoms with E-state index in [0.29, 0.717) is 6.54 Å². The fourth-order valence-electron chi connectivity index (χ4n) is 2.11. The van der Waals surface area contributed by atoms with E-state index in [1.807, 2.05) is 29.2 Å². The van der Waals surface area contributed by atoms with Gasteiger partial charge in [-0.25, -0.2) is 0 Å². The molecule has 0 spiro atoms. The van der Waals surface area contributed by atoms with Gasteiger partial charge in [0.2, 0.25) is 5.91 Å². The monoisotopic (exact) mass is 252 g/mol. The maximum atomic E-state index is 11.9. The largest absolute Gasteiger partial charge is 0.341 e. The molecular weight excluding hydrogens is 236 g/mol. The van der Waals surface area contributed by atoms with Crippen LogP contribution in [0.15, 0.2) is 24.3 Å². The number of rotatable bonds is 3. The molecule has 0 bridgehead atoms. The summed E-state index contributed by atoms with van der Waals surface area (Å²) in [5, 5.41) is 0.735. The van der Waals surface area contributed by atoms with Crippen LogP contribution in [0.25, 0.3) is 0 Å². The van der Waals surface area contributed by atoms with Crippen LogP contribution in [-0.2, 0) is 11.2 Å². The Balaban J connectivity index is 1.94. The smallest absolute Gasteiger partial charge is 0.242 e. The number of carbonyl (C=O) groups is 1. The molecule has 0 radical (unpaired) electrons. The van der Waals surface area contributed by atoms with Crippen LogP contribution in [0.4, 0.5) is 0 Å². The number of likely N-dealkylation sites (tertiary alicyclic amines) is 1. The van der Waals surface area contributed by atoms with Crippen LogP contribution in [0.2, 0.25) is 5.02 Å². The van der Waals surface area contributed by atoms with Gasteiger partial charge in [0.25, 0.3) is 0 Å². The van der Waals surface area contributed by atoms with Gasteiger partial charge in [-0.1, -0.05) is 23.7 Å².